The number of piperidine rings is 1. The number of amides is 2. The van der Waals surface area contributed by atoms with Gasteiger partial charge in [0.05, 0.1) is 10.8 Å². The number of hydrogen-bond acceptors (Lipinski definition) is 6. The number of hydrogen-bond donors (Lipinski definition) is 1. The van der Waals surface area contributed by atoms with E-state index in [4.69, 9.17) is 4.74 Å². The fourth-order valence-corrected chi connectivity index (χ4v) is 4.37. The van der Waals surface area contributed by atoms with Gasteiger partial charge in [-0.05, 0) is 55.7 Å². The van der Waals surface area contributed by atoms with Gasteiger partial charge in [0.1, 0.15) is 5.82 Å². The Morgan fingerprint density at radius 1 is 1.09 bits per heavy atom. The smallest absolute Gasteiger partial charge is 0.309 e. The summed E-state index contributed by atoms with van der Waals surface area (Å²) in [6, 6.07) is 8.90. The number of benzene rings is 1. The first-order chi connectivity index (χ1) is 15.3. The van der Waals surface area contributed by atoms with Crippen LogP contribution in [0.25, 0.3) is 0 Å². The molecule has 0 atom stereocenters. The maximum atomic E-state index is 13.0. The van der Waals surface area contributed by atoms with Crippen molar-refractivity contribution in [3.8, 4) is 0 Å². The van der Waals surface area contributed by atoms with Gasteiger partial charge in [-0.25, -0.2) is 4.39 Å². The Bertz CT molecular complexity index is 981. The van der Waals surface area contributed by atoms with Gasteiger partial charge in [-0.1, -0.05) is 0 Å². The third-order valence-corrected chi connectivity index (χ3v) is 6.42. The maximum absolute atomic E-state index is 13.0. The van der Waals surface area contributed by atoms with E-state index in [0.29, 0.717) is 49.3 Å². The molecule has 1 saturated heterocycles. The van der Waals surface area contributed by atoms with Gasteiger partial charge in [-0.3, -0.25) is 19.2 Å². The Labute approximate surface area is 189 Å². The molecule has 7 nitrogen and oxygen atoms in total. The molecule has 170 valence electrons. The van der Waals surface area contributed by atoms with Gasteiger partial charge in [0.25, 0.3) is 5.91 Å². The van der Waals surface area contributed by atoms with Crippen LogP contribution in [0.2, 0.25) is 0 Å². The van der Waals surface area contributed by atoms with E-state index < -0.39 is 11.8 Å². The largest absolute Gasteiger partial charge is 0.457 e. The predicted octanol–water partition coefficient (Wildman–Crippen LogP) is 2.84. The van der Waals surface area contributed by atoms with Crippen LogP contribution in [-0.4, -0.2) is 54.7 Å². The minimum atomic E-state index is -0.435. The Balaban J connectivity index is 1.41. The van der Waals surface area contributed by atoms with E-state index in [-0.39, 0.29) is 30.1 Å². The lowest BCUT2D eigenvalue weighted by Gasteiger charge is -2.31. The molecule has 1 fully saturated rings. The summed E-state index contributed by atoms with van der Waals surface area (Å²) in [6.07, 6.45) is 1.53. The zero-order chi connectivity index (χ0) is 23.1. The lowest BCUT2D eigenvalue weighted by Crippen LogP contribution is -2.40. The number of ketones is 1. The third kappa shape index (κ3) is 6.46. The van der Waals surface area contributed by atoms with Crippen molar-refractivity contribution < 1.29 is 28.3 Å². The first-order valence-corrected chi connectivity index (χ1v) is 11.2. The van der Waals surface area contributed by atoms with Crippen molar-refractivity contribution in [3.05, 3.63) is 57.5 Å². The summed E-state index contributed by atoms with van der Waals surface area (Å²) in [4.78, 5) is 51.2. The quantitative estimate of drug-likeness (QED) is 0.483. The minimum Gasteiger partial charge on any atom is -0.457 e. The number of carbonyl (C=O) groups is 4. The standard InChI is InChI=1S/C23H25FN2O5S/c1-15(27)25-11-8-19-6-7-21(32-19)20(28)14-31-23(30)17-9-12-26(13-10-17)22(29)16-2-4-18(24)5-3-16/h2-7,17H,8-14H2,1H3,(H,25,27). The summed E-state index contributed by atoms with van der Waals surface area (Å²) in [6.45, 7) is 2.42. The Kier molecular flexibility index (Phi) is 8.10. The van der Waals surface area contributed by atoms with Crippen molar-refractivity contribution in [1.29, 1.82) is 0 Å². The summed E-state index contributed by atoms with van der Waals surface area (Å²) >= 11 is 1.32. The van der Waals surface area contributed by atoms with Gasteiger partial charge in [0.2, 0.25) is 11.7 Å². The van der Waals surface area contributed by atoms with E-state index in [1.54, 1.807) is 11.0 Å². The normalized spacial score (nSPS) is 14.1. The molecule has 32 heavy (non-hydrogen) atoms. The van der Waals surface area contributed by atoms with Crippen LogP contribution in [0, 0.1) is 11.7 Å². The summed E-state index contributed by atoms with van der Waals surface area (Å²) in [5, 5.41) is 2.70. The molecule has 1 aromatic carbocycles. The van der Waals surface area contributed by atoms with Crippen molar-refractivity contribution in [1.82, 2.24) is 10.2 Å². The van der Waals surface area contributed by atoms with Crippen molar-refractivity contribution in [2.45, 2.75) is 26.2 Å². The van der Waals surface area contributed by atoms with E-state index in [2.05, 4.69) is 5.32 Å². The van der Waals surface area contributed by atoms with Crippen LogP contribution in [0.4, 0.5) is 4.39 Å². The number of carbonyl (C=O) groups excluding carboxylic acids is 4. The SMILES string of the molecule is CC(=O)NCCc1ccc(C(=O)COC(=O)C2CCN(C(=O)c3ccc(F)cc3)CC2)s1. The van der Waals surface area contributed by atoms with Crippen LogP contribution in [0.3, 0.4) is 0 Å². The molecule has 1 aromatic heterocycles. The van der Waals surface area contributed by atoms with Gasteiger partial charge >= 0.3 is 5.97 Å². The summed E-state index contributed by atoms with van der Waals surface area (Å²) in [7, 11) is 0. The topological polar surface area (TPSA) is 92.8 Å². The lowest BCUT2D eigenvalue weighted by atomic mass is 9.96. The molecule has 1 N–H and O–H groups in total. The minimum absolute atomic E-state index is 0.101. The van der Waals surface area contributed by atoms with E-state index in [1.807, 2.05) is 6.07 Å². The van der Waals surface area contributed by atoms with Gasteiger partial charge in [-0.2, -0.15) is 0 Å². The van der Waals surface area contributed by atoms with Crippen LogP contribution >= 0.6 is 11.3 Å². The number of Topliss-reactive ketones (excluding diaryl/α,β-unsaturated/α-hetero) is 1. The Hall–Kier alpha value is -3.07. The molecule has 2 aromatic rings. The number of rotatable bonds is 8. The second-order valence-corrected chi connectivity index (χ2v) is 8.77. The molecule has 9 heteroatoms. The molecular formula is C23H25FN2O5S. The molecule has 1 aliphatic heterocycles. The molecule has 3 rings (SSSR count). The molecule has 0 unspecified atom stereocenters. The number of thiophene rings is 1. The Morgan fingerprint density at radius 2 is 1.78 bits per heavy atom. The average Bonchev–Trinajstić information content (AvgIpc) is 3.26. The number of nitrogens with one attached hydrogen (secondary N) is 1. The van der Waals surface area contributed by atoms with E-state index in [0.717, 1.165) is 4.88 Å². The molecule has 2 heterocycles. The molecule has 0 bridgehead atoms. The molecule has 1 aliphatic rings. The number of nitrogens with zero attached hydrogens (tertiary/aromatic N) is 1. The molecule has 2 amide bonds. The first kappa shape index (κ1) is 23.6. The highest BCUT2D eigenvalue weighted by Crippen LogP contribution is 2.22. The number of ether oxygens (including phenoxy) is 1. The second-order valence-electron chi connectivity index (χ2n) is 7.60. The molecule has 0 aliphatic carbocycles. The van der Waals surface area contributed by atoms with Crippen LogP contribution in [0.5, 0.6) is 0 Å². The number of halogens is 1. The van der Waals surface area contributed by atoms with Crippen LogP contribution < -0.4 is 5.32 Å². The summed E-state index contributed by atoms with van der Waals surface area (Å²) < 4.78 is 18.3. The fourth-order valence-electron chi connectivity index (χ4n) is 3.44. The molecule has 0 saturated carbocycles. The third-order valence-electron chi connectivity index (χ3n) is 5.23. The zero-order valence-corrected chi connectivity index (χ0v) is 18.6. The number of likely N-dealkylation sites (tertiary alicyclic amines) is 1. The summed E-state index contributed by atoms with van der Waals surface area (Å²) in [5.41, 5.74) is 0.408. The predicted molar refractivity (Wildman–Crippen MR) is 117 cm³/mol. The Morgan fingerprint density at radius 3 is 2.44 bits per heavy atom. The molecular weight excluding hydrogens is 435 g/mol. The van der Waals surface area contributed by atoms with E-state index >= 15 is 0 Å². The number of esters is 1. The van der Waals surface area contributed by atoms with Crippen molar-refractivity contribution in [2.75, 3.05) is 26.2 Å². The van der Waals surface area contributed by atoms with Crippen LogP contribution in [0.15, 0.2) is 36.4 Å². The monoisotopic (exact) mass is 460 g/mol. The highest BCUT2D eigenvalue weighted by Gasteiger charge is 2.29. The highest BCUT2D eigenvalue weighted by atomic mass is 32.1. The second kappa shape index (κ2) is 11.0. The maximum Gasteiger partial charge on any atom is 0.309 e. The van der Waals surface area contributed by atoms with Crippen molar-refractivity contribution in [3.63, 3.8) is 0 Å². The highest BCUT2D eigenvalue weighted by molar-refractivity contribution is 7.14. The van der Waals surface area contributed by atoms with Gasteiger partial charge in [0.15, 0.2) is 6.61 Å². The molecule has 0 radical (unpaired) electrons. The fraction of sp³-hybridized carbons (Fsp3) is 0.391. The van der Waals surface area contributed by atoms with Gasteiger partial charge in [-0.15, -0.1) is 11.3 Å². The van der Waals surface area contributed by atoms with Crippen molar-refractivity contribution >= 4 is 34.9 Å². The lowest BCUT2D eigenvalue weighted by molar-refractivity contribution is -0.148. The van der Waals surface area contributed by atoms with Gasteiger partial charge < -0.3 is 15.0 Å². The van der Waals surface area contributed by atoms with Crippen LogP contribution in [-0.2, 0) is 20.7 Å². The average molecular weight is 461 g/mol. The first-order valence-electron chi connectivity index (χ1n) is 10.4. The van der Waals surface area contributed by atoms with Crippen LogP contribution in [0.1, 0.15) is 44.7 Å². The summed E-state index contributed by atoms with van der Waals surface area (Å²) in [5.74, 6) is -1.76. The molecule has 0 spiro atoms. The van der Waals surface area contributed by atoms with E-state index in [1.165, 1.54) is 42.5 Å². The van der Waals surface area contributed by atoms with E-state index in [9.17, 15) is 23.6 Å². The zero-order valence-electron chi connectivity index (χ0n) is 17.8. The van der Waals surface area contributed by atoms with Gasteiger partial charge in [0, 0.05) is 37.0 Å². The van der Waals surface area contributed by atoms with Crippen molar-refractivity contribution in [2.24, 2.45) is 5.92 Å².